The number of rotatable bonds is 2. The topological polar surface area (TPSA) is 0 Å². The first-order valence-electron chi connectivity index (χ1n) is 3.81. The van der Waals surface area contributed by atoms with Crippen molar-refractivity contribution >= 4 is 22.9 Å². The summed E-state index contributed by atoms with van der Waals surface area (Å²) in [4.78, 5) is 2.63. The van der Waals surface area contributed by atoms with Gasteiger partial charge in [0.1, 0.15) is 0 Å². The van der Waals surface area contributed by atoms with Gasteiger partial charge in [0.05, 0.1) is 5.38 Å². The van der Waals surface area contributed by atoms with Crippen LogP contribution in [0.2, 0.25) is 0 Å². The first kappa shape index (κ1) is 9.08. The van der Waals surface area contributed by atoms with Crippen LogP contribution >= 0.6 is 22.9 Å². The van der Waals surface area contributed by atoms with Crippen LogP contribution in [-0.4, -0.2) is 0 Å². The van der Waals surface area contributed by atoms with Gasteiger partial charge in [0.2, 0.25) is 0 Å². The maximum absolute atomic E-state index is 6.16. The number of alkyl halides is 1. The van der Waals surface area contributed by atoms with Crippen molar-refractivity contribution in [2.45, 2.75) is 26.1 Å². The van der Waals surface area contributed by atoms with Gasteiger partial charge >= 0.3 is 0 Å². The lowest BCUT2D eigenvalue weighted by atomic mass is 10.1. The molecule has 0 saturated carbocycles. The fourth-order valence-corrected chi connectivity index (χ4v) is 2.17. The lowest BCUT2D eigenvalue weighted by Gasteiger charge is -2.09. The van der Waals surface area contributed by atoms with Gasteiger partial charge in [-0.25, -0.2) is 0 Å². The molecule has 0 N–H and O–H groups in total. The Labute approximate surface area is 77.2 Å². The van der Waals surface area contributed by atoms with Gasteiger partial charge in [-0.05, 0) is 25.0 Å². The first-order valence-corrected chi connectivity index (χ1v) is 5.07. The van der Waals surface area contributed by atoms with Gasteiger partial charge < -0.3 is 0 Å². The highest BCUT2D eigenvalue weighted by Gasteiger charge is 2.13. The van der Waals surface area contributed by atoms with E-state index in [2.05, 4.69) is 32.9 Å². The van der Waals surface area contributed by atoms with E-state index in [-0.39, 0.29) is 5.38 Å². The minimum absolute atomic E-state index is 0.189. The molecule has 0 saturated heterocycles. The molecule has 0 fully saturated rings. The van der Waals surface area contributed by atoms with Crippen molar-refractivity contribution < 1.29 is 0 Å². The summed E-state index contributed by atoms with van der Waals surface area (Å²) >= 11 is 7.96. The molecule has 1 aromatic rings. The van der Waals surface area contributed by atoms with E-state index in [1.807, 2.05) is 0 Å². The van der Waals surface area contributed by atoms with Crippen LogP contribution in [0.1, 0.15) is 29.0 Å². The molecular weight excluding hydrogens is 176 g/mol. The number of aryl methyl sites for hydroxylation is 1. The molecule has 1 rings (SSSR count). The Kier molecular flexibility index (Phi) is 2.97. The van der Waals surface area contributed by atoms with Crippen molar-refractivity contribution in [2.24, 2.45) is 5.92 Å². The van der Waals surface area contributed by atoms with Crippen molar-refractivity contribution in [2.75, 3.05) is 0 Å². The molecule has 0 aromatic carbocycles. The lowest BCUT2D eigenvalue weighted by Crippen LogP contribution is -1.95. The Morgan fingerprint density at radius 1 is 1.36 bits per heavy atom. The number of thiophene rings is 1. The van der Waals surface area contributed by atoms with Gasteiger partial charge in [0.25, 0.3) is 0 Å². The average Bonchev–Trinajstić information content (AvgIpc) is 2.34. The predicted molar refractivity (Wildman–Crippen MR) is 52.5 cm³/mol. The Balaban J connectivity index is 2.76. The molecule has 0 spiro atoms. The first-order chi connectivity index (χ1) is 5.11. The van der Waals surface area contributed by atoms with Crippen molar-refractivity contribution in [1.29, 1.82) is 0 Å². The molecule has 11 heavy (non-hydrogen) atoms. The van der Waals surface area contributed by atoms with Crippen molar-refractivity contribution in [3.63, 3.8) is 0 Å². The summed E-state index contributed by atoms with van der Waals surface area (Å²) in [5, 5.41) is 0.189. The zero-order chi connectivity index (χ0) is 8.43. The maximum Gasteiger partial charge on any atom is 0.0701 e. The fraction of sp³-hybridized carbons (Fsp3) is 0.556. The number of halogens is 1. The third-order valence-corrected chi connectivity index (χ3v) is 3.57. The number of hydrogen-bond donors (Lipinski definition) is 0. The molecule has 62 valence electrons. The average molecular weight is 189 g/mol. The van der Waals surface area contributed by atoms with Crippen LogP contribution in [0.5, 0.6) is 0 Å². The third-order valence-electron chi connectivity index (χ3n) is 1.62. The normalized spacial score (nSPS) is 13.9. The summed E-state index contributed by atoms with van der Waals surface area (Å²) in [6.45, 7) is 6.40. The molecule has 1 atom stereocenters. The van der Waals surface area contributed by atoms with Gasteiger partial charge in [0.15, 0.2) is 0 Å². The molecule has 1 heterocycles. The van der Waals surface area contributed by atoms with E-state index in [1.54, 1.807) is 11.3 Å². The van der Waals surface area contributed by atoms with Crippen LogP contribution in [0, 0.1) is 12.8 Å². The zero-order valence-corrected chi connectivity index (χ0v) is 8.67. The zero-order valence-electron chi connectivity index (χ0n) is 7.10. The molecule has 1 aromatic heterocycles. The van der Waals surface area contributed by atoms with Crippen molar-refractivity contribution in [3.8, 4) is 0 Å². The van der Waals surface area contributed by atoms with Gasteiger partial charge in [-0.2, -0.15) is 0 Å². The van der Waals surface area contributed by atoms with E-state index in [4.69, 9.17) is 11.6 Å². The molecule has 0 bridgehead atoms. The van der Waals surface area contributed by atoms with E-state index in [0.717, 1.165) is 0 Å². The molecule has 0 aliphatic heterocycles. The van der Waals surface area contributed by atoms with E-state index in [0.29, 0.717) is 5.92 Å². The standard InChI is InChI=1S/C9H13ClS/c1-6(2)9(10)8-5-4-7(3)11-8/h4-6,9H,1-3H3. The Morgan fingerprint density at radius 2 is 2.00 bits per heavy atom. The smallest absolute Gasteiger partial charge is 0.0701 e. The Bertz CT molecular complexity index is 227. The quantitative estimate of drug-likeness (QED) is 0.616. The summed E-state index contributed by atoms with van der Waals surface area (Å²) < 4.78 is 0. The molecule has 0 amide bonds. The van der Waals surface area contributed by atoms with Gasteiger partial charge in [-0.1, -0.05) is 13.8 Å². The molecule has 1 unspecified atom stereocenters. The summed E-state index contributed by atoms with van der Waals surface area (Å²) in [6.07, 6.45) is 0. The fourth-order valence-electron chi connectivity index (χ4n) is 0.930. The number of hydrogen-bond acceptors (Lipinski definition) is 1. The van der Waals surface area contributed by atoms with Crippen LogP contribution in [0.3, 0.4) is 0 Å². The molecule has 0 radical (unpaired) electrons. The van der Waals surface area contributed by atoms with E-state index in [9.17, 15) is 0 Å². The highest BCUT2D eigenvalue weighted by Crippen LogP contribution is 2.33. The molecular formula is C9H13ClS. The van der Waals surface area contributed by atoms with Crippen LogP contribution < -0.4 is 0 Å². The summed E-state index contributed by atoms with van der Waals surface area (Å²) in [5.74, 6) is 0.523. The van der Waals surface area contributed by atoms with E-state index < -0.39 is 0 Å². The summed E-state index contributed by atoms with van der Waals surface area (Å²) in [5.41, 5.74) is 0. The highest BCUT2D eigenvalue weighted by atomic mass is 35.5. The van der Waals surface area contributed by atoms with Gasteiger partial charge in [-0.15, -0.1) is 22.9 Å². The second-order valence-corrected chi connectivity index (χ2v) is 4.88. The monoisotopic (exact) mass is 188 g/mol. The second kappa shape index (κ2) is 3.59. The molecule has 0 aliphatic rings. The maximum atomic E-state index is 6.16. The van der Waals surface area contributed by atoms with Gasteiger partial charge in [-0.3, -0.25) is 0 Å². The lowest BCUT2D eigenvalue weighted by molar-refractivity contribution is 0.631. The summed E-state index contributed by atoms with van der Waals surface area (Å²) in [6, 6.07) is 4.25. The molecule has 2 heteroatoms. The minimum Gasteiger partial charge on any atom is -0.144 e. The van der Waals surface area contributed by atoms with Crippen molar-refractivity contribution in [1.82, 2.24) is 0 Å². The Hall–Kier alpha value is -0.0100. The van der Waals surface area contributed by atoms with E-state index in [1.165, 1.54) is 9.75 Å². The van der Waals surface area contributed by atoms with Crippen LogP contribution in [-0.2, 0) is 0 Å². The SMILES string of the molecule is Cc1ccc(C(Cl)C(C)C)s1. The Morgan fingerprint density at radius 3 is 2.36 bits per heavy atom. The second-order valence-electron chi connectivity index (χ2n) is 3.09. The largest absolute Gasteiger partial charge is 0.144 e. The van der Waals surface area contributed by atoms with Crippen LogP contribution in [0.25, 0.3) is 0 Å². The van der Waals surface area contributed by atoms with Crippen LogP contribution in [0.4, 0.5) is 0 Å². The predicted octanol–water partition coefficient (Wildman–Crippen LogP) is 3.99. The minimum atomic E-state index is 0.189. The van der Waals surface area contributed by atoms with Crippen molar-refractivity contribution in [3.05, 3.63) is 21.9 Å². The summed E-state index contributed by atoms with van der Waals surface area (Å²) in [7, 11) is 0. The highest BCUT2D eigenvalue weighted by molar-refractivity contribution is 7.12. The third kappa shape index (κ3) is 2.21. The molecule has 0 nitrogen and oxygen atoms in total. The van der Waals surface area contributed by atoms with E-state index >= 15 is 0 Å². The van der Waals surface area contributed by atoms with Gasteiger partial charge in [0, 0.05) is 9.75 Å². The van der Waals surface area contributed by atoms with Crippen LogP contribution in [0.15, 0.2) is 12.1 Å². The molecule has 0 aliphatic carbocycles.